The van der Waals surface area contributed by atoms with E-state index in [-0.39, 0.29) is 11.7 Å². The van der Waals surface area contributed by atoms with E-state index in [1.165, 1.54) is 11.8 Å². The lowest BCUT2D eigenvalue weighted by Crippen LogP contribution is -2.34. The molecule has 1 amide bonds. The van der Waals surface area contributed by atoms with Gasteiger partial charge in [0.15, 0.2) is 5.78 Å². The van der Waals surface area contributed by atoms with Crippen LogP contribution < -0.4 is 5.32 Å². The molecule has 2 N–H and O–H groups in total. The van der Waals surface area contributed by atoms with Gasteiger partial charge in [-0.3, -0.25) is 14.4 Å². The Morgan fingerprint density at radius 1 is 0.794 bits per heavy atom. The van der Waals surface area contributed by atoms with E-state index in [2.05, 4.69) is 5.32 Å². The molecule has 0 spiro atoms. The first-order valence-corrected chi connectivity index (χ1v) is 12.1. The van der Waals surface area contributed by atoms with E-state index in [4.69, 9.17) is 0 Å². The summed E-state index contributed by atoms with van der Waals surface area (Å²) in [5.41, 5.74) is 3.46. The molecule has 0 fully saturated rings. The predicted molar refractivity (Wildman–Crippen MR) is 135 cm³/mol. The number of benzene rings is 3. The van der Waals surface area contributed by atoms with Gasteiger partial charge in [-0.2, -0.15) is 0 Å². The minimum absolute atomic E-state index is 0.0482. The first kappa shape index (κ1) is 23.5. The van der Waals surface area contributed by atoms with E-state index in [0.717, 1.165) is 16.0 Å². The quantitative estimate of drug-likeness (QED) is 0.242. The van der Waals surface area contributed by atoms with E-state index in [1.807, 2.05) is 78.9 Å². The predicted octanol–water partition coefficient (Wildman–Crippen LogP) is 5.93. The molecule has 172 valence electrons. The second-order valence-electron chi connectivity index (χ2n) is 8.16. The fourth-order valence-electron chi connectivity index (χ4n) is 3.96. The molecular formula is C28H25NO4S. The van der Waals surface area contributed by atoms with Crippen LogP contribution in [0.15, 0.2) is 95.9 Å². The van der Waals surface area contributed by atoms with Gasteiger partial charge in [-0.1, -0.05) is 66.7 Å². The van der Waals surface area contributed by atoms with Crippen molar-refractivity contribution in [2.45, 2.75) is 17.7 Å². The molecule has 4 rings (SSSR count). The van der Waals surface area contributed by atoms with E-state index in [1.54, 1.807) is 12.1 Å². The third kappa shape index (κ3) is 5.83. The number of anilines is 1. The molecule has 0 heterocycles. The average Bonchev–Trinajstić information content (AvgIpc) is 2.88. The molecule has 2 atom stereocenters. The molecule has 0 saturated carbocycles. The van der Waals surface area contributed by atoms with Gasteiger partial charge in [-0.25, -0.2) is 0 Å². The van der Waals surface area contributed by atoms with Gasteiger partial charge >= 0.3 is 5.97 Å². The maximum atomic E-state index is 12.6. The number of carbonyl (C=O) groups excluding carboxylic acids is 2. The molecular weight excluding hydrogens is 446 g/mol. The van der Waals surface area contributed by atoms with Crippen LogP contribution in [-0.4, -0.2) is 28.5 Å². The largest absolute Gasteiger partial charge is 0.481 e. The molecule has 3 aromatic rings. The number of hydrogen-bond donors (Lipinski definition) is 2. The second-order valence-corrected chi connectivity index (χ2v) is 9.21. The third-order valence-corrected chi connectivity index (χ3v) is 6.90. The molecule has 1 aliphatic carbocycles. The zero-order valence-electron chi connectivity index (χ0n) is 18.5. The van der Waals surface area contributed by atoms with Gasteiger partial charge in [0, 0.05) is 16.1 Å². The first-order valence-electron chi connectivity index (χ1n) is 11.1. The van der Waals surface area contributed by atoms with Crippen molar-refractivity contribution in [1.82, 2.24) is 0 Å². The van der Waals surface area contributed by atoms with Crippen LogP contribution in [0.4, 0.5) is 5.69 Å². The van der Waals surface area contributed by atoms with Crippen molar-refractivity contribution < 1.29 is 19.5 Å². The van der Waals surface area contributed by atoms with Crippen LogP contribution in [0.25, 0.3) is 11.1 Å². The zero-order chi connectivity index (χ0) is 23.9. The summed E-state index contributed by atoms with van der Waals surface area (Å²) in [5, 5.41) is 12.2. The summed E-state index contributed by atoms with van der Waals surface area (Å²) in [6.07, 6.45) is 4.46. The van der Waals surface area contributed by atoms with Crippen molar-refractivity contribution in [2.24, 2.45) is 11.8 Å². The van der Waals surface area contributed by atoms with E-state index in [0.29, 0.717) is 29.8 Å². The Morgan fingerprint density at radius 2 is 1.41 bits per heavy atom. The average molecular weight is 472 g/mol. The van der Waals surface area contributed by atoms with Gasteiger partial charge in [0.2, 0.25) is 5.91 Å². The van der Waals surface area contributed by atoms with E-state index >= 15 is 0 Å². The topological polar surface area (TPSA) is 83.5 Å². The molecule has 5 nitrogen and oxygen atoms in total. The van der Waals surface area contributed by atoms with Crippen molar-refractivity contribution in [3.05, 3.63) is 96.6 Å². The number of aliphatic carboxylic acids is 1. The molecule has 0 aromatic heterocycles. The molecule has 1 aliphatic rings. The van der Waals surface area contributed by atoms with E-state index < -0.39 is 17.8 Å². The Morgan fingerprint density at radius 3 is 2.06 bits per heavy atom. The van der Waals surface area contributed by atoms with Crippen LogP contribution in [0, 0.1) is 11.8 Å². The van der Waals surface area contributed by atoms with Crippen molar-refractivity contribution in [3.63, 3.8) is 0 Å². The number of nitrogens with one attached hydrogen (secondary N) is 1. The maximum Gasteiger partial charge on any atom is 0.307 e. The zero-order valence-corrected chi connectivity index (χ0v) is 19.3. The highest BCUT2D eigenvalue weighted by molar-refractivity contribution is 8.00. The van der Waals surface area contributed by atoms with Crippen molar-refractivity contribution in [1.29, 1.82) is 0 Å². The van der Waals surface area contributed by atoms with Crippen LogP contribution in [0.3, 0.4) is 0 Å². The Bertz CT molecular complexity index is 1190. The van der Waals surface area contributed by atoms with Gasteiger partial charge in [0.05, 0.1) is 17.6 Å². The third-order valence-electron chi connectivity index (χ3n) is 5.89. The van der Waals surface area contributed by atoms with Gasteiger partial charge in [0.25, 0.3) is 0 Å². The minimum Gasteiger partial charge on any atom is -0.481 e. The number of thioether (sulfide) groups is 1. The Balaban J connectivity index is 1.30. The van der Waals surface area contributed by atoms with Crippen LogP contribution in [0.2, 0.25) is 0 Å². The van der Waals surface area contributed by atoms with Crippen LogP contribution in [-0.2, 0) is 9.59 Å². The van der Waals surface area contributed by atoms with E-state index in [9.17, 15) is 19.5 Å². The van der Waals surface area contributed by atoms with Gasteiger partial charge < -0.3 is 10.4 Å². The minimum atomic E-state index is -0.948. The summed E-state index contributed by atoms with van der Waals surface area (Å²) in [6, 6.07) is 24.9. The van der Waals surface area contributed by atoms with Gasteiger partial charge in [0.1, 0.15) is 0 Å². The molecule has 0 saturated heterocycles. The molecule has 6 heteroatoms. The number of carbonyl (C=O) groups is 3. The number of carboxylic acid groups (broad SMARTS) is 1. The SMILES string of the molecule is O=C(CSc1ccc(NC(=O)C2CC=CCC2C(=O)O)cc1)c1ccc(-c2ccccc2)cc1. The Hall–Kier alpha value is -3.64. The highest BCUT2D eigenvalue weighted by atomic mass is 32.2. The molecule has 2 unspecified atom stereocenters. The Labute approximate surface area is 202 Å². The van der Waals surface area contributed by atoms with Crippen LogP contribution in [0.5, 0.6) is 0 Å². The summed E-state index contributed by atoms with van der Waals surface area (Å²) >= 11 is 1.43. The lowest BCUT2D eigenvalue weighted by molar-refractivity contribution is -0.146. The fraction of sp³-hybridized carbons (Fsp3) is 0.179. The van der Waals surface area contributed by atoms with Crippen molar-refractivity contribution in [3.8, 4) is 11.1 Å². The molecule has 0 radical (unpaired) electrons. The van der Waals surface area contributed by atoms with Crippen molar-refractivity contribution in [2.75, 3.05) is 11.1 Å². The number of carboxylic acids is 1. The number of ketones is 1. The number of rotatable bonds is 8. The normalized spacial score (nSPS) is 17.2. The number of amides is 1. The summed E-state index contributed by atoms with van der Waals surface area (Å²) in [6.45, 7) is 0. The summed E-state index contributed by atoms with van der Waals surface area (Å²) in [7, 11) is 0. The van der Waals surface area contributed by atoms with Gasteiger partial charge in [-0.15, -0.1) is 11.8 Å². The highest BCUT2D eigenvalue weighted by Crippen LogP contribution is 2.28. The Kier molecular flexibility index (Phi) is 7.60. The number of hydrogen-bond acceptors (Lipinski definition) is 4. The number of allylic oxidation sites excluding steroid dienone is 2. The number of Topliss-reactive ketones (excluding diaryl/α,β-unsaturated/α-hetero) is 1. The van der Waals surface area contributed by atoms with Crippen LogP contribution in [0.1, 0.15) is 23.2 Å². The maximum absolute atomic E-state index is 12.6. The summed E-state index contributed by atoms with van der Waals surface area (Å²) in [4.78, 5) is 37.5. The lowest BCUT2D eigenvalue weighted by Gasteiger charge is -2.24. The second kappa shape index (κ2) is 11.0. The fourth-order valence-corrected chi connectivity index (χ4v) is 4.75. The first-order chi connectivity index (χ1) is 16.5. The van der Waals surface area contributed by atoms with Gasteiger partial charge in [-0.05, 0) is 48.2 Å². The summed E-state index contributed by atoms with van der Waals surface area (Å²) in [5.74, 6) is -2.16. The molecule has 3 aromatic carbocycles. The van der Waals surface area contributed by atoms with Crippen LogP contribution >= 0.6 is 11.8 Å². The monoisotopic (exact) mass is 471 g/mol. The molecule has 34 heavy (non-hydrogen) atoms. The molecule has 0 bridgehead atoms. The molecule has 0 aliphatic heterocycles. The van der Waals surface area contributed by atoms with Crippen molar-refractivity contribution >= 4 is 35.1 Å². The smallest absolute Gasteiger partial charge is 0.307 e. The highest BCUT2D eigenvalue weighted by Gasteiger charge is 2.33. The standard InChI is InChI=1S/C28H25NO4S/c30-26(21-12-10-20(11-13-21)19-6-2-1-3-7-19)18-34-23-16-14-22(15-17-23)29-27(31)24-8-4-5-9-25(24)28(32)33/h1-7,10-17,24-25H,8-9,18H2,(H,29,31)(H,32,33). The lowest BCUT2D eigenvalue weighted by atomic mass is 9.82. The summed E-state index contributed by atoms with van der Waals surface area (Å²) < 4.78 is 0.